The van der Waals surface area contributed by atoms with Crippen molar-refractivity contribution in [2.75, 3.05) is 11.9 Å². The smallest absolute Gasteiger partial charge is 0.262 e. The van der Waals surface area contributed by atoms with Gasteiger partial charge in [0.2, 0.25) is 0 Å². The second kappa shape index (κ2) is 9.70. The molecule has 0 saturated heterocycles. The van der Waals surface area contributed by atoms with E-state index < -0.39 is 9.84 Å². The predicted octanol–water partition coefficient (Wildman–Crippen LogP) is 5.09. The van der Waals surface area contributed by atoms with E-state index in [-0.39, 0.29) is 23.7 Å². The van der Waals surface area contributed by atoms with Crippen LogP contribution in [0.5, 0.6) is 0 Å². The fraction of sp³-hybridized carbons (Fsp3) is 0.333. The Morgan fingerprint density at radius 1 is 1.06 bits per heavy atom. The lowest BCUT2D eigenvalue weighted by Crippen LogP contribution is -2.32. The number of nitrogens with one attached hydrogen (secondary N) is 1. The van der Waals surface area contributed by atoms with Crippen molar-refractivity contribution in [3.63, 3.8) is 0 Å². The van der Waals surface area contributed by atoms with Crippen molar-refractivity contribution in [3.8, 4) is 0 Å². The third-order valence-corrected chi connectivity index (χ3v) is 9.07. The SMILES string of the molecule is Cc1ccc(C2=NN(C(=O)CNc3ccc(S(=O)(=O)C4CCCC4)cc3)C(c3ccco3)C2)cc1. The summed E-state index contributed by atoms with van der Waals surface area (Å²) in [7, 11) is -3.30. The minimum absolute atomic E-state index is 0.0244. The number of sulfone groups is 1. The molecule has 2 aromatic carbocycles. The van der Waals surface area contributed by atoms with E-state index in [0.717, 1.165) is 42.5 Å². The molecule has 1 saturated carbocycles. The summed E-state index contributed by atoms with van der Waals surface area (Å²) < 4.78 is 31.2. The molecule has 1 N–H and O–H groups in total. The van der Waals surface area contributed by atoms with Gasteiger partial charge in [-0.1, -0.05) is 42.7 Å². The first kappa shape index (κ1) is 23.4. The first-order valence-electron chi connectivity index (χ1n) is 12.0. The van der Waals surface area contributed by atoms with E-state index in [2.05, 4.69) is 10.4 Å². The molecule has 35 heavy (non-hydrogen) atoms. The Labute approximate surface area is 205 Å². The van der Waals surface area contributed by atoms with Crippen LogP contribution in [0.4, 0.5) is 5.69 Å². The maximum atomic E-state index is 13.2. The molecule has 8 heteroatoms. The van der Waals surface area contributed by atoms with Crippen LogP contribution in [0.3, 0.4) is 0 Å². The zero-order chi connectivity index (χ0) is 24.4. The van der Waals surface area contributed by atoms with Crippen LogP contribution in [0.2, 0.25) is 0 Å². The van der Waals surface area contributed by atoms with Crippen LogP contribution in [0.1, 0.15) is 55.0 Å². The summed E-state index contributed by atoms with van der Waals surface area (Å²) in [5.41, 5.74) is 3.66. The van der Waals surface area contributed by atoms with Gasteiger partial charge in [-0.05, 0) is 61.7 Å². The van der Waals surface area contributed by atoms with Crippen molar-refractivity contribution < 1.29 is 17.6 Å². The number of carbonyl (C=O) groups excluding carboxylic acids is 1. The lowest BCUT2D eigenvalue weighted by Gasteiger charge is -2.20. The number of hydrogen-bond donors (Lipinski definition) is 1. The second-order valence-corrected chi connectivity index (χ2v) is 11.4. The van der Waals surface area contributed by atoms with Gasteiger partial charge in [-0.25, -0.2) is 13.4 Å². The molecule has 0 radical (unpaired) electrons. The van der Waals surface area contributed by atoms with Gasteiger partial charge in [-0.2, -0.15) is 5.10 Å². The van der Waals surface area contributed by atoms with Crippen LogP contribution in [0.15, 0.2) is 81.3 Å². The van der Waals surface area contributed by atoms with Crippen molar-refractivity contribution in [1.29, 1.82) is 0 Å². The average Bonchev–Trinajstić information content (AvgIpc) is 3.64. The molecule has 1 aromatic heterocycles. The highest BCUT2D eigenvalue weighted by Gasteiger charge is 2.35. The number of nitrogens with zero attached hydrogens (tertiary/aromatic N) is 2. The fourth-order valence-electron chi connectivity index (χ4n) is 4.78. The highest BCUT2D eigenvalue weighted by molar-refractivity contribution is 7.92. The Balaban J connectivity index is 1.29. The summed E-state index contributed by atoms with van der Waals surface area (Å²) in [5.74, 6) is 0.488. The van der Waals surface area contributed by atoms with E-state index in [1.807, 2.05) is 37.3 Å². The molecule has 1 atom stereocenters. The van der Waals surface area contributed by atoms with Gasteiger partial charge < -0.3 is 9.73 Å². The van der Waals surface area contributed by atoms with Crippen LogP contribution < -0.4 is 5.32 Å². The highest BCUT2D eigenvalue weighted by Crippen LogP contribution is 2.33. The van der Waals surface area contributed by atoms with Gasteiger partial charge >= 0.3 is 0 Å². The molecule has 1 aliphatic carbocycles. The van der Waals surface area contributed by atoms with Crippen molar-refractivity contribution in [2.45, 2.75) is 55.2 Å². The number of rotatable bonds is 7. The molecule has 1 amide bonds. The molecule has 5 rings (SSSR count). The highest BCUT2D eigenvalue weighted by atomic mass is 32.2. The molecule has 1 aliphatic heterocycles. The number of amides is 1. The second-order valence-electron chi connectivity index (χ2n) is 9.22. The summed E-state index contributed by atoms with van der Waals surface area (Å²) in [6.07, 6.45) is 5.56. The van der Waals surface area contributed by atoms with Crippen LogP contribution in [0.25, 0.3) is 0 Å². The first-order chi connectivity index (χ1) is 16.9. The third-order valence-electron chi connectivity index (χ3n) is 6.79. The quantitative estimate of drug-likeness (QED) is 0.497. The monoisotopic (exact) mass is 491 g/mol. The Hall–Kier alpha value is -3.39. The summed E-state index contributed by atoms with van der Waals surface area (Å²) >= 11 is 0. The van der Waals surface area contributed by atoms with Crippen molar-refractivity contribution in [2.24, 2.45) is 5.10 Å². The van der Waals surface area contributed by atoms with E-state index >= 15 is 0 Å². The van der Waals surface area contributed by atoms with E-state index in [9.17, 15) is 13.2 Å². The van der Waals surface area contributed by atoms with Gasteiger partial charge in [-0.3, -0.25) is 4.79 Å². The van der Waals surface area contributed by atoms with Crippen LogP contribution in [-0.2, 0) is 14.6 Å². The normalized spacial score (nSPS) is 18.6. The van der Waals surface area contributed by atoms with Crippen molar-refractivity contribution in [1.82, 2.24) is 5.01 Å². The molecule has 1 fully saturated rings. The molecule has 2 heterocycles. The maximum Gasteiger partial charge on any atom is 0.262 e. The minimum atomic E-state index is -3.30. The Bertz CT molecular complexity index is 1310. The predicted molar refractivity (Wildman–Crippen MR) is 135 cm³/mol. The van der Waals surface area contributed by atoms with Crippen LogP contribution in [0, 0.1) is 6.92 Å². The minimum Gasteiger partial charge on any atom is -0.467 e. The largest absolute Gasteiger partial charge is 0.467 e. The van der Waals surface area contributed by atoms with Gasteiger partial charge in [0.05, 0.1) is 28.7 Å². The van der Waals surface area contributed by atoms with E-state index in [0.29, 0.717) is 22.8 Å². The van der Waals surface area contributed by atoms with E-state index in [1.54, 1.807) is 36.6 Å². The molecule has 2 aliphatic rings. The number of aryl methyl sites for hydroxylation is 1. The molecule has 1 unspecified atom stereocenters. The van der Waals surface area contributed by atoms with E-state index in [1.165, 1.54) is 5.01 Å². The third kappa shape index (κ3) is 4.89. The Morgan fingerprint density at radius 2 is 1.77 bits per heavy atom. The molecular formula is C27H29N3O4S. The number of hydrazone groups is 1. The number of benzene rings is 2. The maximum absolute atomic E-state index is 13.2. The first-order valence-corrected chi connectivity index (χ1v) is 13.5. The summed E-state index contributed by atoms with van der Waals surface area (Å²) in [5, 5.41) is 8.97. The van der Waals surface area contributed by atoms with Crippen LogP contribution >= 0.6 is 0 Å². The molecule has 0 bridgehead atoms. The summed E-state index contributed by atoms with van der Waals surface area (Å²) in [6, 6.07) is 18.1. The average molecular weight is 492 g/mol. The van der Waals surface area contributed by atoms with Crippen molar-refractivity contribution >= 4 is 27.1 Å². The zero-order valence-corrected chi connectivity index (χ0v) is 20.5. The zero-order valence-electron chi connectivity index (χ0n) is 19.7. The van der Waals surface area contributed by atoms with Gasteiger partial charge in [0.1, 0.15) is 11.8 Å². The molecule has 7 nitrogen and oxygen atoms in total. The number of anilines is 1. The summed E-state index contributed by atoms with van der Waals surface area (Å²) in [6.45, 7) is 2.06. The van der Waals surface area contributed by atoms with E-state index in [4.69, 9.17) is 4.42 Å². The van der Waals surface area contributed by atoms with Gasteiger partial charge in [-0.15, -0.1) is 0 Å². The van der Waals surface area contributed by atoms with Crippen LogP contribution in [-0.4, -0.2) is 36.8 Å². The standard InChI is InChI=1S/C27H29N3O4S/c1-19-8-10-20(11-9-19)24-17-25(26-7-4-16-34-26)30(29-24)27(31)18-28-21-12-14-23(15-13-21)35(32,33)22-5-2-3-6-22/h4,7-16,22,25,28H,2-3,5-6,17-18H2,1H3. The topological polar surface area (TPSA) is 92.0 Å². The fourth-order valence-corrected chi connectivity index (χ4v) is 6.63. The van der Waals surface area contributed by atoms with Crippen molar-refractivity contribution in [3.05, 3.63) is 83.8 Å². The molecule has 3 aromatic rings. The lowest BCUT2D eigenvalue weighted by molar-refractivity contribution is -0.131. The molecule has 182 valence electrons. The molecular weight excluding hydrogens is 462 g/mol. The van der Waals surface area contributed by atoms with Gasteiger partial charge in [0.15, 0.2) is 9.84 Å². The van der Waals surface area contributed by atoms with Gasteiger partial charge in [0, 0.05) is 12.1 Å². The van der Waals surface area contributed by atoms with Gasteiger partial charge in [0.25, 0.3) is 5.91 Å². The number of furan rings is 1. The Kier molecular flexibility index (Phi) is 6.47. The number of carbonyl (C=O) groups is 1. The lowest BCUT2D eigenvalue weighted by atomic mass is 10.0. The summed E-state index contributed by atoms with van der Waals surface area (Å²) in [4.78, 5) is 13.5. The Morgan fingerprint density at radius 3 is 2.43 bits per heavy atom. The molecule has 0 spiro atoms. The number of hydrogen-bond acceptors (Lipinski definition) is 6.